The highest BCUT2D eigenvalue weighted by molar-refractivity contribution is 7.13. The van der Waals surface area contributed by atoms with Crippen molar-refractivity contribution < 1.29 is 4.79 Å². The molecule has 1 saturated carbocycles. The van der Waals surface area contributed by atoms with Crippen molar-refractivity contribution in [2.75, 3.05) is 5.32 Å². The highest BCUT2D eigenvalue weighted by Crippen LogP contribution is 2.31. The summed E-state index contributed by atoms with van der Waals surface area (Å²) in [5.41, 5.74) is 0.383. The van der Waals surface area contributed by atoms with Gasteiger partial charge in [-0.3, -0.25) is 9.59 Å². The molecule has 4 rings (SSSR count). The second-order valence-corrected chi connectivity index (χ2v) is 7.29. The Hall–Kier alpha value is -2.74. The smallest absolute Gasteiger partial charge is 0.267 e. The minimum Gasteiger partial charge on any atom is -0.309 e. The van der Waals surface area contributed by atoms with Crippen LogP contribution >= 0.6 is 11.3 Å². The Morgan fingerprint density at radius 1 is 1.23 bits per heavy atom. The van der Waals surface area contributed by atoms with E-state index in [1.807, 2.05) is 22.2 Å². The fourth-order valence-corrected chi connectivity index (χ4v) is 3.98. The van der Waals surface area contributed by atoms with Crippen LogP contribution in [0, 0.1) is 0 Å². The van der Waals surface area contributed by atoms with Crippen LogP contribution in [-0.2, 0) is 11.3 Å². The van der Waals surface area contributed by atoms with Gasteiger partial charge in [-0.1, -0.05) is 18.9 Å². The number of aromatic nitrogens is 4. The second-order valence-electron chi connectivity index (χ2n) is 6.34. The maximum atomic E-state index is 12.4. The predicted octanol–water partition coefficient (Wildman–Crippen LogP) is 2.92. The van der Waals surface area contributed by atoms with Crippen LogP contribution in [-0.4, -0.2) is 25.5 Å². The summed E-state index contributed by atoms with van der Waals surface area (Å²) in [5, 5.41) is 13.5. The Kier molecular flexibility index (Phi) is 4.66. The number of nitrogens with zero attached hydrogens (tertiary/aromatic N) is 4. The molecular weight excluding hydrogens is 350 g/mol. The van der Waals surface area contributed by atoms with E-state index in [0.717, 1.165) is 17.7 Å². The topological polar surface area (TPSA) is 81.8 Å². The van der Waals surface area contributed by atoms with Gasteiger partial charge in [0, 0.05) is 12.1 Å². The summed E-state index contributed by atoms with van der Waals surface area (Å²) in [4.78, 5) is 25.5. The van der Waals surface area contributed by atoms with Crippen molar-refractivity contribution in [3.05, 3.63) is 52.3 Å². The van der Waals surface area contributed by atoms with Crippen molar-refractivity contribution in [1.82, 2.24) is 19.6 Å². The van der Waals surface area contributed by atoms with E-state index in [0.29, 0.717) is 17.6 Å². The number of hydrogen-bond donors (Lipinski definition) is 1. The molecule has 26 heavy (non-hydrogen) atoms. The first-order valence-electron chi connectivity index (χ1n) is 8.66. The van der Waals surface area contributed by atoms with Crippen molar-refractivity contribution in [2.24, 2.45) is 0 Å². The van der Waals surface area contributed by atoms with Crippen LogP contribution < -0.4 is 10.9 Å². The third-order valence-corrected chi connectivity index (χ3v) is 5.43. The lowest BCUT2D eigenvalue weighted by molar-refractivity contribution is -0.117. The molecule has 3 heterocycles. The third kappa shape index (κ3) is 3.45. The summed E-state index contributed by atoms with van der Waals surface area (Å²) in [6.07, 6.45) is 6.22. The van der Waals surface area contributed by atoms with E-state index >= 15 is 0 Å². The molecule has 0 unspecified atom stereocenters. The van der Waals surface area contributed by atoms with Gasteiger partial charge in [0.05, 0.1) is 17.1 Å². The number of carbonyl (C=O) groups excluding carboxylic acids is 1. The average Bonchev–Trinajstić information content (AvgIpc) is 3.39. The zero-order valence-corrected chi connectivity index (χ0v) is 15.0. The number of amides is 1. The van der Waals surface area contributed by atoms with Crippen molar-refractivity contribution in [2.45, 2.75) is 38.3 Å². The van der Waals surface area contributed by atoms with Gasteiger partial charge in [-0.15, -0.1) is 11.3 Å². The van der Waals surface area contributed by atoms with E-state index in [1.54, 1.807) is 18.3 Å². The van der Waals surface area contributed by atoms with Gasteiger partial charge in [-0.2, -0.15) is 10.2 Å². The van der Waals surface area contributed by atoms with Gasteiger partial charge in [0.2, 0.25) is 5.91 Å². The van der Waals surface area contributed by atoms with Crippen molar-refractivity contribution >= 4 is 23.1 Å². The Morgan fingerprint density at radius 2 is 2.08 bits per heavy atom. The van der Waals surface area contributed by atoms with Gasteiger partial charge in [-0.05, 0) is 30.4 Å². The molecule has 0 spiro atoms. The highest BCUT2D eigenvalue weighted by atomic mass is 32.1. The predicted molar refractivity (Wildman–Crippen MR) is 100 cm³/mol. The van der Waals surface area contributed by atoms with Crippen LogP contribution in [0.1, 0.15) is 31.7 Å². The summed E-state index contributed by atoms with van der Waals surface area (Å²) in [6.45, 7) is -0.131. The first-order chi connectivity index (χ1) is 12.7. The zero-order valence-electron chi connectivity index (χ0n) is 14.2. The van der Waals surface area contributed by atoms with Crippen LogP contribution in [0.25, 0.3) is 10.6 Å². The zero-order chi connectivity index (χ0) is 17.9. The molecule has 134 valence electrons. The number of hydrogen-bond acceptors (Lipinski definition) is 5. The standard InChI is InChI=1S/C18H19N5O2S/c24-17(20-16-9-10-19-23(16)13-4-1-2-5-13)12-22-18(25)8-7-14(21-22)15-6-3-11-26-15/h3,6-11,13H,1-2,4-5,12H2,(H,20,24). The van der Waals surface area contributed by atoms with Gasteiger partial charge in [0.1, 0.15) is 18.1 Å². The molecule has 3 aromatic heterocycles. The number of nitrogens with one attached hydrogen (secondary N) is 1. The van der Waals surface area contributed by atoms with Crippen molar-refractivity contribution in [1.29, 1.82) is 0 Å². The normalized spacial score (nSPS) is 14.6. The molecule has 0 saturated heterocycles. The molecular formula is C18H19N5O2S. The molecule has 1 aliphatic rings. The van der Waals surface area contributed by atoms with E-state index in [1.165, 1.54) is 34.9 Å². The van der Waals surface area contributed by atoms with E-state index in [4.69, 9.17) is 0 Å². The van der Waals surface area contributed by atoms with Crippen molar-refractivity contribution in [3.8, 4) is 10.6 Å². The number of anilines is 1. The fourth-order valence-electron chi connectivity index (χ4n) is 3.29. The molecule has 0 aromatic carbocycles. The van der Waals surface area contributed by atoms with E-state index < -0.39 is 0 Å². The molecule has 0 atom stereocenters. The minimum atomic E-state index is -0.301. The molecule has 8 heteroatoms. The van der Waals surface area contributed by atoms with Crippen LogP contribution in [0.15, 0.2) is 46.7 Å². The maximum absolute atomic E-state index is 12.4. The molecule has 1 aliphatic carbocycles. The number of rotatable bonds is 5. The van der Waals surface area contributed by atoms with Crippen LogP contribution in [0.5, 0.6) is 0 Å². The molecule has 0 aliphatic heterocycles. The maximum Gasteiger partial charge on any atom is 0.267 e. The van der Waals surface area contributed by atoms with Gasteiger partial charge in [0.25, 0.3) is 5.56 Å². The van der Waals surface area contributed by atoms with Gasteiger partial charge >= 0.3 is 0 Å². The second kappa shape index (κ2) is 7.25. The van der Waals surface area contributed by atoms with Gasteiger partial charge in [-0.25, -0.2) is 9.36 Å². The summed E-state index contributed by atoms with van der Waals surface area (Å²) >= 11 is 1.54. The third-order valence-electron chi connectivity index (χ3n) is 4.54. The Morgan fingerprint density at radius 3 is 2.85 bits per heavy atom. The lowest BCUT2D eigenvalue weighted by atomic mass is 10.2. The van der Waals surface area contributed by atoms with Crippen LogP contribution in [0.3, 0.4) is 0 Å². The Balaban J connectivity index is 1.50. The fraction of sp³-hybridized carbons (Fsp3) is 0.333. The SMILES string of the molecule is O=C(Cn1nc(-c2cccs2)ccc1=O)Nc1ccnn1C1CCCC1. The molecule has 1 fully saturated rings. The summed E-state index contributed by atoms with van der Waals surface area (Å²) in [7, 11) is 0. The van der Waals surface area contributed by atoms with Crippen molar-refractivity contribution in [3.63, 3.8) is 0 Å². The van der Waals surface area contributed by atoms with E-state index in [-0.39, 0.29) is 18.0 Å². The number of thiophene rings is 1. The Bertz CT molecular complexity index is 954. The van der Waals surface area contributed by atoms with E-state index in [2.05, 4.69) is 15.5 Å². The first kappa shape index (κ1) is 16.7. The average molecular weight is 369 g/mol. The lowest BCUT2D eigenvalue weighted by Crippen LogP contribution is -2.30. The Labute approximate surface area is 154 Å². The molecule has 3 aromatic rings. The van der Waals surface area contributed by atoms with E-state index in [9.17, 15) is 9.59 Å². The lowest BCUT2D eigenvalue weighted by Gasteiger charge is -2.14. The van der Waals surface area contributed by atoms with Gasteiger partial charge < -0.3 is 5.32 Å². The molecule has 0 bridgehead atoms. The number of carbonyl (C=O) groups is 1. The molecule has 1 amide bonds. The largest absolute Gasteiger partial charge is 0.309 e. The quantitative estimate of drug-likeness (QED) is 0.750. The summed E-state index contributed by atoms with van der Waals surface area (Å²) in [6, 6.07) is 9.10. The molecule has 0 radical (unpaired) electrons. The first-order valence-corrected chi connectivity index (χ1v) is 9.54. The summed E-state index contributed by atoms with van der Waals surface area (Å²) < 4.78 is 3.07. The minimum absolute atomic E-state index is 0.131. The molecule has 1 N–H and O–H groups in total. The van der Waals surface area contributed by atoms with Gasteiger partial charge in [0.15, 0.2) is 0 Å². The molecule has 7 nitrogen and oxygen atoms in total. The monoisotopic (exact) mass is 369 g/mol. The van der Waals surface area contributed by atoms with Crippen LogP contribution in [0.2, 0.25) is 0 Å². The highest BCUT2D eigenvalue weighted by Gasteiger charge is 2.20. The summed E-state index contributed by atoms with van der Waals surface area (Å²) in [5.74, 6) is 0.382. The van der Waals surface area contributed by atoms with Crippen LogP contribution in [0.4, 0.5) is 5.82 Å².